The number of nitrogens with zero attached hydrogens (tertiary/aromatic N) is 1. The number of guanidine groups is 1. The van der Waals surface area contributed by atoms with Crippen LogP contribution in [0, 0.1) is 12.8 Å². The van der Waals surface area contributed by atoms with Gasteiger partial charge in [-0.15, -0.1) is 0 Å². The zero-order valence-electron chi connectivity index (χ0n) is 17.5. The molecule has 2 rings (SSSR count). The molecule has 1 aliphatic heterocycles. The first-order valence-electron chi connectivity index (χ1n) is 10.1. The van der Waals surface area contributed by atoms with Crippen LogP contribution in [0.2, 0.25) is 0 Å². The van der Waals surface area contributed by atoms with Gasteiger partial charge in [0.15, 0.2) is 5.96 Å². The molecular formula is C21H35N3O4. The summed E-state index contributed by atoms with van der Waals surface area (Å²) in [6.07, 6.45) is 1.07. The summed E-state index contributed by atoms with van der Waals surface area (Å²) in [6.45, 7) is 10.3. The second-order valence-electron chi connectivity index (χ2n) is 6.88. The molecule has 7 nitrogen and oxygen atoms in total. The Morgan fingerprint density at radius 2 is 2.14 bits per heavy atom. The number of aliphatic imine (C=N–C) groups is 1. The van der Waals surface area contributed by atoms with Crippen LogP contribution in [0.25, 0.3) is 0 Å². The van der Waals surface area contributed by atoms with Gasteiger partial charge < -0.3 is 29.6 Å². The normalized spacial score (nSPS) is 17.0. The standard InChI is InChI=1S/C21H35N3O4/c1-4-22-21(23-8-10-26-12-11-25-3)24-14-19-6-5-17(2)13-20(19)28-16-18-7-9-27-15-18/h5-6,13,18H,4,7-12,14-16H2,1-3H3,(H2,22,23,24). The molecule has 0 aromatic heterocycles. The highest BCUT2D eigenvalue weighted by molar-refractivity contribution is 5.79. The molecule has 0 saturated carbocycles. The average Bonchev–Trinajstić information content (AvgIpc) is 3.21. The Labute approximate surface area is 168 Å². The molecule has 0 aliphatic carbocycles. The molecule has 2 N–H and O–H groups in total. The van der Waals surface area contributed by atoms with Gasteiger partial charge >= 0.3 is 0 Å². The van der Waals surface area contributed by atoms with Crippen molar-refractivity contribution < 1.29 is 18.9 Å². The third-order valence-electron chi connectivity index (χ3n) is 4.44. The van der Waals surface area contributed by atoms with Gasteiger partial charge in [0.2, 0.25) is 0 Å². The maximum absolute atomic E-state index is 6.11. The smallest absolute Gasteiger partial charge is 0.191 e. The number of rotatable bonds is 12. The Hall–Kier alpha value is -1.83. The van der Waals surface area contributed by atoms with E-state index in [9.17, 15) is 0 Å². The van der Waals surface area contributed by atoms with Crippen LogP contribution in [0.15, 0.2) is 23.2 Å². The van der Waals surface area contributed by atoms with E-state index in [0.29, 0.717) is 45.4 Å². The summed E-state index contributed by atoms with van der Waals surface area (Å²) in [5.41, 5.74) is 2.27. The van der Waals surface area contributed by atoms with Gasteiger partial charge in [-0.3, -0.25) is 0 Å². The largest absolute Gasteiger partial charge is 0.493 e. The van der Waals surface area contributed by atoms with Crippen LogP contribution in [0.4, 0.5) is 0 Å². The van der Waals surface area contributed by atoms with Crippen LogP contribution in [0.3, 0.4) is 0 Å². The van der Waals surface area contributed by atoms with E-state index in [1.54, 1.807) is 7.11 Å². The van der Waals surface area contributed by atoms with Gasteiger partial charge in [-0.25, -0.2) is 4.99 Å². The number of methoxy groups -OCH3 is 1. The van der Waals surface area contributed by atoms with Gasteiger partial charge in [-0.2, -0.15) is 0 Å². The minimum atomic E-state index is 0.481. The summed E-state index contributed by atoms with van der Waals surface area (Å²) in [5.74, 6) is 2.16. The van der Waals surface area contributed by atoms with E-state index in [1.807, 2.05) is 0 Å². The van der Waals surface area contributed by atoms with Crippen molar-refractivity contribution in [3.63, 3.8) is 0 Å². The number of benzene rings is 1. The van der Waals surface area contributed by atoms with E-state index < -0.39 is 0 Å². The minimum absolute atomic E-state index is 0.481. The van der Waals surface area contributed by atoms with E-state index in [-0.39, 0.29) is 0 Å². The zero-order valence-corrected chi connectivity index (χ0v) is 17.5. The lowest BCUT2D eigenvalue weighted by Gasteiger charge is -2.15. The molecule has 1 saturated heterocycles. The van der Waals surface area contributed by atoms with Crippen molar-refractivity contribution in [2.24, 2.45) is 10.9 Å². The van der Waals surface area contributed by atoms with Crippen molar-refractivity contribution in [2.75, 3.05) is 59.8 Å². The predicted octanol–water partition coefficient (Wildman–Crippen LogP) is 2.13. The number of aryl methyl sites for hydroxylation is 1. The van der Waals surface area contributed by atoms with Gasteiger partial charge in [0.05, 0.1) is 39.6 Å². The van der Waals surface area contributed by atoms with Gasteiger partial charge in [0.1, 0.15) is 5.75 Å². The number of hydrogen-bond acceptors (Lipinski definition) is 5. The first kappa shape index (κ1) is 22.5. The van der Waals surface area contributed by atoms with E-state index in [4.69, 9.17) is 23.9 Å². The first-order chi connectivity index (χ1) is 13.7. The van der Waals surface area contributed by atoms with E-state index in [0.717, 1.165) is 43.5 Å². The summed E-state index contributed by atoms with van der Waals surface area (Å²) in [5, 5.41) is 6.55. The Morgan fingerprint density at radius 1 is 1.25 bits per heavy atom. The van der Waals surface area contributed by atoms with Gasteiger partial charge in [0, 0.05) is 38.3 Å². The predicted molar refractivity (Wildman–Crippen MR) is 111 cm³/mol. The molecular weight excluding hydrogens is 358 g/mol. The van der Waals surface area contributed by atoms with E-state index in [1.165, 1.54) is 5.56 Å². The molecule has 0 radical (unpaired) electrons. The Bertz CT molecular complexity index is 589. The second-order valence-corrected chi connectivity index (χ2v) is 6.88. The molecule has 1 aliphatic rings. The molecule has 1 fully saturated rings. The maximum atomic E-state index is 6.11. The summed E-state index contributed by atoms with van der Waals surface area (Å²) < 4.78 is 22.0. The lowest BCUT2D eigenvalue weighted by molar-refractivity contribution is 0.0733. The molecule has 1 aromatic rings. The third kappa shape index (κ3) is 8.46. The average molecular weight is 394 g/mol. The summed E-state index contributed by atoms with van der Waals surface area (Å²) in [6, 6.07) is 6.28. The highest BCUT2D eigenvalue weighted by Crippen LogP contribution is 2.23. The van der Waals surface area contributed by atoms with Crippen LogP contribution in [0.1, 0.15) is 24.5 Å². The van der Waals surface area contributed by atoms with E-state index >= 15 is 0 Å². The number of nitrogens with one attached hydrogen (secondary N) is 2. The molecule has 1 atom stereocenters. The summed E-state index contributed by atoms with van der Waals surface area (Å²) in [4.78, 5) is 4.70. The lowest BCUT2D eigenvalue weighted by atomic mass is 10.1. The summed E-state index contributed by atoms with van der Waals surface area (Å²) >= 11 is 0. The molecule has 0 bridgehead atoms. The van der Waals surface area contributed by atoms with E-state index in [2.05, 4.69) is 42.7 Å². The fraction of sp³-hybridized carbons (Fsp3) is 0.667. The zero-order chi connectivity index (χ0) is 20.0. The molecule has 7 heteroatoms. The monoisotopic (exact) mass is 393 g/mol. The van der Waals surface area contributed by atoms with Crippen molar-refractivity contribution in [2.45, 2.75) is 26.8 Å². The minimum Gasteiger partial charge on any atom is -0.493 e. The van der Waals surface area contributed by atoms with Crippen LogP contribution >= 0.6 is 0 Å². The highest BCUT2D eigenvalue weighted by Gasteiger charge is 2.17. The number of hydrogen-bond donors (Lipinski definition) is 2. The molecule has 1 heterocycles. The van der Waals surface area contributed by atoms with Crippen LogP contribution in [0.5, 0.6) is 5.75 Å². The van der Waals surface area contributed by atoms with Crippen molar-refractivity contribution in [1.29, 1.82) is 0 Å². The fourth-order valence-electron chi connectivity index (χ4n) is 2.84. The van der Waals surface area contributed by atoms with Crippen LogP contribution < -0.4 is 15.4 Å². The number of ether oxygens (including phenoxy) is 4. The van der Waals surface area contributed by atoms with Crippen molar-refractivity contribution in [3.8, 4) is 5.75 Å². The van der Waals surface area contributed by atoms with Crippen LogP contribution in [-0.2, 0) is 20.8 Å². The fourth-order valence-corrected chi connectivity index (χ4v) is 2.84. The Morgan fingerprint density at radius 3 is 2.89 bits per heavy atom. The Kier molecular flexibility index (Phi) is 10.7. The maximum Gasteiger partial charge on any atom is 0.191 e. The van der Waals surface area contributed by atoms with Crippen molar-refractivity contribution in [3.05, 3.63) is 29.3 Å². The Balaban J connectivity index is 1.88. The van der Waals surface area contributed by atoms with Gasteiger partial charge in [0.25, 0.3) is 0 Å². The summed E-state index contributed by atoms with van der Waals surface area (Å²) in [7, 11) is 1.67. The molecule has 1 aromatic carbocycles. The molecule has 1 unspecified atom stereocenters. The molecule has 0 spiro atoms. The molecule has 0 amide bonds. The molecule has 28 heavy (non-hydrogen) atoms. The quantitative estimate of drug-likeness (QED) is 0.322. The third-order valence-corrected chi connectivity index (χ3v) is 4.44. The lowest BCUT2D eigenvalue weighted by Crippen LogP contribution is -2.39. The van der Waals surface area contributed by atoms with Gasteiger partial charge in [-0.05, 0) is 31.9 Å². The SMILES string of the molecule is CCNC(=NCc1ccc(C)cc1OCC1CCOC1)NCCOCCOC. The van der Waals surface area contributed by atoms with Crippen LogP contribution in [-0.4, -0.2) is 65.8 Å². The van der Waals surface area contributed by atoms with Crippen molar-refractivity contribution in [1.82, 2.24) is 10.6 Å². The van der Waals surface area contributed by atoms with Crippen molar-refractivity contribution >= 4 is 5.96 Å². The molecule has 158 valence electrons. The highest BCUT2D eigenvalue weighted by atomic mass is 16.5. The topological polar surface area (TPSA) is 73.3 Å². The van der Waals surface area contributed by atoms with Gasteiger partial charge in [-0.1, -0.05) is 12.1 Å². The second kappa shape index (κ2) is 13.4. The first-order valence-corrected chi connectivity index (χ1v) is 10.1.